The maximum absolute atomic E-state index is 10.9. The second-order valence-corrected chi connectivity index (χ2v) is 17.7. The molecule has 0 aromatic carbocycles. The number of hydrogen-bond acceptors (Lipinski definition) is 14. The molecule has 0 amide bonds. The summed E-state index contributed by atoms with van der Waals surface area (Å²) in [5.41, 5.74) is 0. The number of rotatable bonds is 22. The molecule has 0 fully saturated rings. The second kappa shape index (κ2) is 21.1. The van der Waals surface area contributed by atoms with Crippen LogP contribution in [0.25, 0.3) is 0 Å². The molecule has 0 saturated carbocycles. The first-order valence-electron chi connectivity index (χ1n) is 11.9. The van der Waals surface area contributed by atoms with Crippen molar-refractivity contribution in [2.45, 2.75) is 62.9 Å². The van der Waals surface area contributed by atoms with Gasteiger partial charge in [-0.05, 0) is 37.2 Å². The number of unbranched alkanes of at least 4 members (excludes halogenated alkanes) is 2. The van der Waals surface area contributed by atoms with E-state index in [1.54, 1.807) is 23.5 Å². The van der Waals surface area contributed by atoms with Crippen molar-refractivity contribution in [1.29, 1.82) is 0 Å². The van der Waals surface area contributed by atoms with Crippen LogP contribution in [-0.4, -0.2) is 107 Å². The summed E-state index contributed by atoms with van der Waals surface area (Å²) < 4.78 is 106. The molecule has 0 heterocycles. The topological polar surface area (TPSA) is 173 Å². The van der Waals surface area contributed by atoms with Crippen molar-refractivity contribution in [1.82, 2.24) is 0 Å². The van der Waals surface area contributed by atoms with Crippen molar-refractivity contribution in [2.24, 2.45) is 0 Å². The van der Waals surface area contributed by atoms with Crippen LogP contribution in [0.4, 0.5) is 0 Å². The second-order valence-electron chi connectivity index (χ2n) is 8.30. The van der Waals surface area contributed by atoms with Crippen molar-refractivity contribution in [3.05, 3.63) is 0 Å². The van der Waals surface area contributed by atoms with Crippen LogP contribution in [0, 0.1) is 0 Å². The van der Waals surface area contributed by atoms with Gasteiger partial charge in [-0.2, -0.15) is 57.2 Å². The Kier molecular flexibility index (Phi) is 22.5. The SMILES string of the molecule is CCCCSC(CCOS(C)(=O)=O)COS(C)(=O)=O.CCCCSC(CCOS(C)(=O)=O)COS(C)(=O)=O. The summed E-state index contributed by atoms with van der Waals surface area (Å²) in [4.78, 5) is 0. The molecular formula is C20H44O12S6. The van der Waals surface area contributed by atoms with Crippen molar-refractivity contribution < 1.29 is 50.4 Å². The maximum Gasteiger partial charge on any atom is 0.264 e. The van der Waals surface area contributed by atoms with Crippen LogP contribution in [0.2, 0.25) is 0 Å². The van der Waals surface area contributed by atoms with Gasteiger partial charge in [-0.1, -0.05) is 26.7 Å². The minimum Gasteiger partial charge on any atom is -0.270 e. The normalized spacial score (nSPS) is 14.5. The molecule has 0 spiro atoms. The van der Waals surface area contributed by atoms with Gasteiger partial charge in [-0.3, -0.25) is 16.7 Å². The van der Waals surface area contributed by atoms with E-state index >= 15 is 0 Å². The van der Waals surface area contributed by atoms with Gasteiger partial charge >= 0.3 is 0 Å². The largest absolute Gasteiger partial charge is 0.270 e. The number of hydrogen-bond donors (Lipinski definition) is 0. The molecule has 0 radical (unpaired) electrons. The molecule has 2 atom stereocenters. The standard InChI is InChI=1S/2C10H22O6S3/c2*1-4-5-8-17-10(9-16-19(3,13)14)6-7-15-18(2,11)12/h2*10H,4-9H2,1-3H3. The predicted octanol–water partition coefficient (Wildman–Crippen LogP) is 2.46. The summed E-state index contributed by atoms with van der Waals surface area (Å²) in [6.07, 6.45) is 8.95. The van der Waals surface area contributed by atoms with E-state index in [2.05, 4.69) is 22.2 Å². The summed E-state index contributed by atoms with van der Waals surface area (Å²) >= 11 is 3.15. The van der Waals surface area contributed by atoms with Gasteiger partial charge in [0, 0.05) is 10.5 Å². The van der Waals surface area contributed by atoms with Gasteiger partial charge in [-0.15, -0.1) is 0 Å². The molecule has 0 N–H and O–H groups in total. The van der Waals surface area contributed by atoms with Gasteiger partial charge in [0.2, 0.25) is 0 Å². The fraction of sp³-hybridized carbons (Fsp3) is 1.00. The van der Waals surface area contributed by atoms with Crippen LogP contribution in [0.5, 0.6) is 0 Å². The highest BCUT2D eigenvalue weighted by Crippen LogP contribution is 2.19. The lowest BCUT2D eigenvalue weighted by atomic mass is 10.3. The van der Waals surface area contributed by atoms with Gasteiger partial charge in [0.15, 0.2) is 0 Å². The highest BCUT2D eigenvalue weighted by Gasteiger charge is 2.15. The first kappa shape index (κ1) is 40.5. The molecule has 0 aromatic rings. The Balaban J connectivity index is 0. The van der Waals surface area contributed by atoms with E-state index in [9.17, 15) is 33.7 Å². The molecule has 0 aliphatic rings. The van der Waals surface area contributed by atoms with Crippen molar-refractivity contribution in [2.75, 3.05) is 63.0 Å². The van der Waals surface area contributed by atoms with Gasteiger partial charge < -0.3 is 0 Å². The van der Waals surface area contributed by atoms with Gasteiger partial charge in [-0.25, -0.2) is 0 Å². The Hall–Kier alpha value is 0.340. The molecule has 232 valence electrons. The van der Waals surface area contributed by atoms with Crippen LogP contribution in [-0.2, 0) is 57.2 Å². The first-order valence-corrected chi connectivity index (χ1v) is 21.2. The summed E-state index contributed by atoms with van der Waals surface area (Å²) in [5.74, 6) is 1.76. The average molecular weight is 669 g/mol. The van der Waals surface area contributed by atoms with Gasteiger partial charge in [0.05, 0.1) is 51.5 Å². The molecule has 0 aliphatic carbocycles. The monoisotopic (exact) mass is 668 g/mol. The third kappa shape index (κ3) is 34.4. The molecular weight excluding hydrogens is 625 g/mol. The summed E-state index contributed by atoms with van der Waals surface area (Å²) in [6, 6.07) is 0. The van der Waals surface area contributed by atoms with Crippen LogP contribution >= 0.6 is 23.5 Å². The quantitative estimate of drug-likeness (QED) is 0.122. The lowest BCUT2D eigenvalue weighted by molar-refractivity contribution is 0.278. The van der Waals surface area contributed by atoms with E-state index in [1.165, 1.54) is 0 Å². The zero-order valence-electron chi connectivity index (χ0n) is 23.0. The Morgan fingerprint density at radius 2 is 0.816 bits per heavy atom. The Bertz CT molecular complexity index is 940. The minimum absolute atomic E-state index is 0.0374. The van der Waals surface area contributed by atoms with E-state index in [4.69, 9.17) is 8.37 Å². The summed E-state index contributed by atoms with van der Waals surface area (Å²) in [5, 5.41) is -0.189. The molecule has 0 bridgehead atoms. The van der Waals surface area contributed by atoms with E-state index in [-0.39, 0.29) is 36.9 Å². The number of thioether (sulfide) groups is 2. The third-order valence-corrected chi connectivity index (χ3v) is 9.17. The van der Waals surface area contributed by atoms with E-state index in [1.807, 2.05) is 0 Å². The van der Waals surface area contributed by atoms with E-state index in [0.717, 1.165) is 62.2 Å². The van der Waals surface area contributed by atoms with Crippen molar-refractivity contribution in [3.63, 3.8) is 0 Å². The van der Waals surface area contributed by atoms with E-state index in [0.29, 0.717) is 12.8 Å². The summed E-state index contributed by atoms with van der Waals surface area (Å²) in [7, 11) is -13.9. The Morgan fingerprint density at radius 1 is 0.526 bits per heavy atom. The van der Waals surface area contributed by atoms with Crippen molar-refractivity contribution >= 4 is 64.0 Å². The van der Waals surface area contributed by atoms with Crippen LogP contribution in [0.15, 0.2) is 0 Å². The molecule has 18 heteroatoms. The third-order valence-electron chi connectivity index (χ3n) is 4.11. The van der Waals surface area contributed by atoms with Crippen LogP contribution in [0.3, 0.4) is 0 Å². The maximum atomic E-state index is 10.9. The molecule has 12 nitrogen and oxygen atoms in total. The fourth-order valence-electron chi connectivity index (χ4n) is 2.28. The fourth-order valence-corrected chi connectivity index (χ4v) is 6.50. The Morgan fingerprint density at radius 3 is 1.05 bits per heavy atom. The smallest absolute Gasteiger partial charge is 0.264 e. The molecule has 2 unspecified atom stereocenters. The average Bonchev–Trinajstić information content (AvgIpc) is 2.73. The highest BCUT2D eigenvalue weighted by atomic mass is 32.2. The lowest BCUT2D eigenvalue weighted by Gasteiger charge is -2.15. The highest BCUT2D eigenvalue weighted by molar-refractivity contribution is 8.00. The Labute approximate surface area is 239 Å². The predicted molar refractivity (Wildman–Crippen MR) is 155 cm³/mol. The zero-order valence-corrected chi connectivity index (χ0v) is 27.9. The molecule has 0 aromatic heterocycles. The van der Waals surface area contributed by atoms with Crippen molar-refractivity contribution in [3.8, 4) is 0 Å². The lowest BCUT2D eigenvalue weighted by Crippen LogP contribution is -2.19. The van der Waals surface area contributed by atoms with Gasteiger partial charge in [0.25, 0.3) is 40.5 Å². The first-order chi connectivity index (χ1) is 17.3. The van der Waals surface area contributed by atoms with Gasteiger partial charge in [0.1, 0.15) is 0 Å². The molecule has 0 saturated heterocycles. The van der Waals surface area contributed by atoms with Crippen LogP contribution in [0.1, 0.15) is 52.4 Å². The van der Waals surface area contributed by atoms with Crippen LogP contribution < -0.4 is 0 Å². The summed E-state index contributed by atoms with van der Waals surface area (Å²) in [6.45, 7) is 4.29. The molecule has 0 aliphatic heterocycles. The molecule has 0 rings (SSSR count). The zero-order chi connectivity index (χ0) is 29.9. The minimum atomic E-state index is -3.48. The van der Waals surface area contributed by atoms with E-state index < -0.39 is 40.5 Å². The molecule has 38 heavy (non-hydrogen) atoms.